The zero-order chi connectivity index (χ0) is 38.9. The number of ether oxygens (including phenoxy) is 1. The van der Waals surface area contributed by atoms with Crippen LogP contribution >= 0.6 is 27.5 Å². The Kier molecular flexibility index (Phi) is 16.0. The summed E-state index contributed by atoms with van der Waals surface area (Å²) in [5, 5.41) is 6.26. The average Bonchev–Trinajstić information content (AvgIpc) is 3.99. The summed E-state index contributed by atoms with van der Waals surface area (Å²) in [4.78, 5) is 73.8. The molecule has 2 fully saturated rings. The van der Waals surface area contributed by atoms with Crippen LogP contribution in [0.4, 0.5) is 4.79 Å². The highest BCUT2D eigenvalue weighted by atomic mass is 79.9. The molecule has 0 radical (unpaired) electrons. The zero-order valence-electron chi connectivity index (χ0n) is 32.2. The fraction of sp³-hybridized carbons (Fsp3) is 0.667. The van der Waals surface area contributed by atoms with Gasteiger partial charge >= 0.3 is 6.09 Å². The molecule has 0 bridgehead atoms. The monoisotopic (exact) mass is 807 g/mol. The van der Waals surface area contributed by atoms with Crippen molar-refractivity contribution in [1.82, 2.24) is 25.3 Å². The molecular formula is C39H59BrClN5O6. The number of hydrogen-bond donors (Lipinski definition) is 2. The van der Waals surface area contributed by atoms with Crippen molar-refractivity contribution in [1.29, 1.82) is 0 Å². The first-order chi connectivity index (χ1) is 24.3. The first kappa shape index (κ1) is 43.3. The van der Waals surface area contributed by atoms with Crippen molar-refractivity contribution in [2.75, 3.05) is 27.7 Å². The molecule has 0 aliphatic heterocycles. The molecule has 5 amide bonds. The summed E-state index contributed by atoms with van der Waals surface area (Å²) in [6.07, 6.45) is 7.32. The van der Waals surface area contributed by atoms with Crippen molar-refractivity contribution in [2.24, 2.45) is 17.8 Å². The molecular weight excluding hydrogens is 750 g/mol. The second kappa shape index (κ2) is 19.3. The van der Waals surface area contributed by atoms with Crippen LogP contribution in [-0.2, 0) is 30.3 Å². The molecule has 3 rings (SSSR count). The quantitative estimate of drug-likeness (QED) is 0.124. The number of alkyl carbamates (subject to hydrolysis) is 1. The van der Waals surface area contributed by atoms with E-state index in [1.165, 1.54) is 9.80 Å². The number of allylic oxidation sites excluding steroid dienone is 1. The van der Waals surface area contributed by atoms with Crippen LogP contribution in [0.25, 0.3) is 0 Å². The molecule has 11 nitrogen and oxygen atoms in total. The van der Waals surface area contributed by atoms with Gasteiger partial charge in [-0.05, 0) is 114 Å². The van der Waals surface area contributed by atoms with E-state index in [0.29, 0.717) is 18.0 Å². The maximum absolute atomic E-state index is 14.4. The Morgan fingerprint density at radius 1 is 0.962 bits per heavy atom. The number of halogens is 2. The van der Waals surface area contributed by atoms with Gasteiger partial charge in [0, 0.05) is 43.6 Å². The second-order valence-electron chi connectivity index (χ2n) is 15.8. The molecule has 0 spiro atoms. The Labute approximate surface area is 323 Å². The van der Waals surface area contributed by atoms with Crippen molar-refractivity contribution >= 4 is 57.3 Å². The lowest BCUT2D eigenvalue weighted by Crippen LogP contribution is -2.60. The summed E-state index contributed by atoms with van der Waals surface area (Å²) in [6.45, 7) is 13.5. The Morgan fingerprint density at radius 2 is 1.60 bits per heavy atom. The number of amides is 5. The van der Waals surface area contributed by atoms with E-state index in [1.54, 1.807) is 58.9 Å². The predicted molar refractivity (Wildman–Crippen MR) is 208 cm³/mol. The molecule has 290 valence electrons. The van der Waals surface area contributed by atoms with Crippen molar-refractivity contribution in [2.45, 2.75) is 122 Å². The van der Waals surface area contributed by atoms with Gasteiger partial charge in [0.25, 0.3) is 0 Å². The summed E-state index contributed by atoms with van der Waals surface area (Å²) in [5.41, 5.74) is 0.0400. The molecule has 0 heterocycles. The first-order valence-corrected chi connectivity index (χ1v) is 19.6. The van der Waals surface area contributed by atoms with E-state index in [9.17, 15) is 24.0 Å². The molecule has 0 saturated heterocycles. The van der Waals surface area contributed by atoms with E-state index >= 15 is 0 Å². The van der Waals surface area contributed by atoms with E-state index in [-0.39, 0.29) is 36.0 Å². The Bertz CT molecular complexity index is 1440. The van der Waals surface area contributed by atoms with E-state index in [1.807, 2.05) is 26.0 Å². The van der Waals surface area contributed by atoms with Gasteiger partial charge in [-0.3, -0.25) is 19.2 Å². The number of hydrogen-bond acceptors (Lipinski definition) is 6. The molecule has 2 aliphatic carbocycles. The van der Waals surface area contributed by atoms with Crippen LogP contribution in [0.2, 0.25) is 5.02 Å². The number of carbonyl (C=O) groups is 5. The normalized spacial score (nSPS) is 16.6. The first-order valence-electron chi connectivity index (χ1n) is 18.5. The fourth-order valence-corrected chi connectivity index (χ4v) is 6.97. The lowest BCUT2D eigenvalue weighted by atomic mass is 9.98. The van der Waals surface area contributed by atoms with Crippen molar-refractivity contribution in [3.8, 4) is 0 Å². The molecule has 0 aromatic heterocycles. The molecule has 52 heavy (non-hydrogen) atoms. The van der Waals surface area contributed by atoms with Crippen LogP contribution in [0.15, 0.2) is 35.3 Å². The van der Waals surface area contributed by atoms with Crippen molar-refractivity contribution in [3.63, 3.8) is 0 Å². The summed E-state index contributed by atoms with van der Waals surface area (Å²) in [5.74, 6) is -1.50. The highest BCUT2D eigenvalue weighted by Crippen LogP contribution is 2.38. The number of benzene rings is 1. The van der Waals surface area contributed by atoms with Gasteiger partial charge in [-0.15, -0.1) is 6.58 Å². The van der Waals surface area contributed by atoms with Gasteiger partial charge in [-0.1, -0.05) is 47.5 Å². The minimum atomic E-state index is -0.947. The highest BCUT2D eigenvalue weighted by Gasteiger charge is 2.47. The van der Waals surface area contributed by atoms with Gasteiger partial charge in [-0.2, -0.15) is 0 Å². The molecule has 2 N–H and O–H groups in total. The number of rotatable bonds is 19. The third-order valence-electron chi connectivity index (χ3n) is 9.50. The van der Waals surface area contributed by atoms with E-state index in [2.05, 4.69) is 33.1 Å². The largest absolute Gasteiger partial charge is 0.444 e. The Morgan fingerprint density at radius 3 is 2.15 bits per heavy atom. The van der Waals surface area contributed by atoms with Crippen molar-refractivity contribution in [3.05, 3.63) is 45.9 Å². The summed E-state index contributed by atoms with van der Waals surface area (Å²) in [6, 6.07) is 1.87. The molecule has 2 aliphatic rings. The van der Waals surface area contributed by atoms with Crippen LogP contribution in [0.1, 0.15) is 91.5 Å². The smallest absolute Gasteiger partial charge is 0.408 e. The number of unbranched alkanes of at least 4 members (excludes halogenated alkanes) is 2. The zero-order valence-corrected chi connectivity index (χ0v) is 34.5. The Hall–Kier alpha value is -3.12. The third-order valence-corrected chi connectivity index (χ3v) is 10.5. The lowest BCUT2D eigenvalue weighted by Gasteiger charge is -2.35. The third kappa shape index (κ3) is 13.1. The summed E-state index contributed by atoms with van der Waals surface area (Å²) in [7, 11) is 4.93. The van der Waals surface area contributed by atoms with Gasteiger partial charge in [0.05, 0.1) is 0 Å². The molecule has 4 atom stereocenters. The Balaban J connectivity index is 1.85. The molecule has 13 heteroatoms. The van der Waals surface area contributed by atoms with Gasteiger partial charge in [-0.25, -0.2) is 4.79 Å². The summed E-state index contributed by atoms with van der Waals surface area (Å²) >= 11 is 9.92. The van der Waals surface area contributed by atoms with Crippen LogP contribution in [0, 0.1) is 17.8 Å². The van der Waals surface area contributed by atoms with Gasteiger partial charge in [0.15, 0.2) is 0 Å². The number of likely N-dealkylation sites (N-methyl/N-ethyl adjacent to an activating group) is 3. The van der Waals surface area contributed by atoms with E-state index < -0.39 is 47.7 Å². The number of nitrogens with one attached hydrogen (secondary N) is 2. The van der Waals surface area contributed by atoms with Crippen LogP contribution in [0.5, 0.6) is 0 Å². The van der Waals surface area contributed by atoms with Crippen LogP contribution in [0.3, 0.4) is 0 Å². The highest BCUT2D eigenvalue weighted by molar-refractivity contribution is 9.10. The molecule has 2 saturated carbocycles. The maximum atomic E-state index is 14.4. The number of carbonyl (C=O) groups excluding carboxylic acids is 5. The van der Waals surface area contributed by atoms with Crippen LogP contribution < -0.4 is 10.6 Å². The molecule has 0 unspecified atom stereocenters. The predicted octanol–water partition coefficient (Wildman–Crippen LogP) is 6.36. The minimum absolute atomic E-state index is 0.0300. The van der Waals surface area contributed by atoms with Crippen molar-refractivity contribution < 1.29 is 28.7 Å². The molecule has 1 aromatic carbocycles. The SMILES string of the molecule is C=CCCCCN(C)C(=O)[C@H](Cc1cc(Cl)ccc1Br)N(C)C(=O)[C@H](CC(C)C)NC(=O)[C@H](C1CC1)N(C)C(=O)[C@@H](NC(=O)OC(C)(C)C)C1CC1. The molecule has 1 aromatic rings. The van der Waals surface area contributed by atoms with E-state index in [0.717, 1.165) is 55.0 Å². The number of nitrogens with zero attached hydrogens (tertiary/aromatic N) is 3. The van der Waals surface area contributed by atoms with Gasteiger partial charge < -0.3 is 30.1 Å². The van der Waals surface area contributed by atoms with Gasteiger partial charge in [0.2, 0.25) is 23.6 Å². The second-order valence-corrected chi connectivity index (χ2v) is 17.1. The van der Waals surface area contributed by atoms with Gasteiger partial charge in [0.1, 0.15) is 29.8 Å². The minimum Gasteiger partial charge on any atom is -0.444 e. The van der Waals surface area contributed by atoms with E-state index in [4.69, 9.17) is 16.3 Å². The lowest BCUT2D eigenvalue weighted by molar-refractivity contribution is -0.147. The summed E-state index contributed by atoms with van der Waals surface area (Å²) < 4.78 is 6.20. The topological polar surface area (TPSA) is 128 Å². The fourth-order valence-electron chi connectivity index (χ4n) is 6.37. The van der Waals surface area contributed by atoms with Crippen LogP contribution in [-0.4, -0.2) is 102 Å². The standard InChI is InChI=1S/C39H59BrClN5O6/c1-10-11-12-13-20-44(7)36(49)31(23-27-22-28(41)18-19-29(27)40)45(8)35(48)30(21-24(2)3)42-34(47)33(26-16-17-26)46(9)37(50)32(25-14-15-25)43-38(51)52-39(4,5)6/h10,18-19,22,24-26,30-33H,1,11-17,20-21,23H2,2-9H3,(H,42,47)(H,43,51)/t30-,31-,32-,33-/m0/s1. The maximum Gasteiger partial charge on any atom is 0.408 e. The average molecular weight is 809 g/mol.